The van der Waals surface area contributed by atoms with E-state index in [2.05, 4.69) is 182 Å². The van der Waals surface area contributed by atoms with Gasteiger partial charge in [0.1, 0.15) is 22.5 Å². The van der Waals surface area contributed by atoms with Crippen molar-refractivity contribution in [3.05, 3.63) is 251 Å². The molecule has 4 heteroatoms. The van der Waals surface area contributed by atoms with Crippen molar-refractivity contribution in [3.63, 3.8) is 0 Å². The fourth-order valence-electron chi connectivity index (χ4n) is 9.26. The molecule has 3 aliphatic rings. The Kier molecular flexibility index (Phi) is 7.26. The first-order chi connectivity index (χ1) is 27.8. The normalized spacial score (nSPS) is 17.4. The van der Waals surface area contributed by atoms with Crippen LogP contribution in [0.2, 0.25) is 0 Å². The van der Waals surface area contributed by atoms with Crippen LogP contribution in [0.3, 0.4) is 0 Å². The van der Waals surface area contributed by atoms with E-state index in [1.807, 2.05) is 24.3 Å². The third kappa shape index (κ3) is 4.59. The number of hydrogen-bond acceptors (Lipinski definition) is 4. The van der Waals surface area contributed by atoms with Gasteiger partial charge >= 0.3 is 0 Å². The highest BCUT2D eigenvalue weighted by molar-refractivity contribution is 5.82. The topological polar surface area (TPSA) is 51.6 Å². The summed E-state index contributed by atoms with van der Waals surface area (Å²) in [7, 11) is 0. The summed E-state index contributed by atoms with van der Waals surface area (Å²) in [6, 6.07) is 72.5. The maximum absolute atomic E-state index is 5.58. The molecule has 4 nitrogen and oxygen atoms in total. The molecule has 7 aromatic carbocycles. The molecule has 0 radical (unpaired) electrons. The minimum Gasteiger partial charge on any atom is -0.231 e. The zero-order valence-corrected chi connectivity index (χ0v) is 30.4. The molecule has 0 N–H and O–H groups in total. The Morgan fingerprint density at radius 2 is 0.429 bits per heavy atom. The van der Waals surface area contributed by atoms with Crippen LogP contribution in [0.1, 0.15) is 45.0 Å². The molecule has 0 saturated carbocycles. The molecule has 0 saturated heterocycles. The predicted molar refractivity (Wildman–Crippen MR) is 223 cm³/mol. The number of benzene rings is 7. The second-order valence-corrected chi connectivity index (χ2v) is 14.5. The largest absolute Gasteiger partial charge is 0.231 e. The molecule has 0 amide bonds. The lowest BCUT2D eigenvalue weighted by molar-refractivity contribution is 0.519. The van der Waals surface area contributed by atoms with Crippen LogP contribution in [0, 0.1) is 0 Å². The van der Waals surface area contributed by atoms with E-state index in [0.29, 0.717) is 0 Å². The lowest BCUT2D eigenvalue weighted by Crippen LogP contribution is -2.53. The first kappa shape index (κ1) is 32.2. The third-order valence-corrected chi connectivity index (χ3v) is 11.6. The summed E-state index contributed by atoms with van der Waals surface area (Å²) in [5.74, 6) is 1.48. The highest BCUT2D eigenvalue weighted by atomic mass is 15.0. The molecule has 3 aliphatic carbocycles. The van der Waals surface area contributed by atoms with Crippen LogP contribution in [0.5, 0.6) is 0 Å². The Morgan fingerprint density at radius 3 is 0.643 bits per heavy atom. The Bertz CT molecular complexity index is 2470. The van der Waals surface area contributed by atoms with Crippen LogP contribution in [-0.4, -0.2) is 19.9 Å². The first-order valence-corrected chi connectivity index (χ1v) is 19.1. The van der Waals surface area contributed by atoms with Crippen molar-refractivity contribution < 1.29 is 0 Å². The van der Waals surface area contributed by atoms with E-state index in [4.69, 9.17) is 19.9 Å². The van der Waals surface area contributed by atoms with E-state index in [9.17, 15) is 0 Å². The van der Waals surface area contributed by atoms with Gasteiger partial charge in [-0.25, -0.2) is 19.9 Å². The molecule has 0 unspecified atom stereocenters. The van der Waals surface area contributed by atoms with E-state index < -0.39 is 10.8 Å². The predicted octanol–water partition coefficient (Wildman–Crippen LogP) is 11.3. The van der Waals surface area contributed by atoms with E-state index >= 15 is 0 Å². The summed E-state index contributed by atoms with van der Waals surface area (Å²) in [5, 5.41) is 0. The van der Waals surface area contributed by atoms with Gasteiger partial charge in [0.2, 0.25) is 0 Å². The Balaban J connectivity index is 1.27. The lowest BCUT2D eigenvalue weighted by atomic mass is 9.46. The SMILES string of the molecule is c1ccc(-c2cc(-c3ccccc3)nc(C34c5ccccc5C(c5nc(-c6ccccc6)cc(-c6ccccc6)n5)(c5ccccc53)c3ccccc34)n2)cc1. The van der Waals surface area contributed by atoms with E-state index in [1.54, 1.807) is 0 Å². The molecule has 0 atom stereocenters. The van der Waals surface area contributed by atoms with Gasteiger partial charge in [-0.2, -0.15) is 0 Å². The molecule has 9 aromatic rings. The van der Waals surface area contributed by atoms with Gasteiger partial charge in [-0.15, -0.1) is 0 Å². The number of aromatic nitrogens is 4. The van der Waals surface area contributed by atoms with Crippen LogP contribution in [-0.2, 0) is 10.8 Å². The molecular formula is C52H34N4. The Hall–Kier alpha value is -7.30. The van der Waals surface area contributed by atoms with Crippen LogP contribution in [0.15, 0.2) is 206 Å². The number of nitrogens with zero attached hydrogens (tertiary/aromatic N) is 4. The van der Waals surface area contributed by atoms with Crippen molar-refractivity contribution in [2.45, 2.75) is 10.8 Å². The van der Waals surface area contributed by atoms with E-state index in [-0.39, 0.29) is 0 Å². The molecule has 12 rings (SSSR count). The standard InChI is InChI=1S/C52H34N4/c1-5-19-35(20-6-1)45-33-46(36-21-7-2-8-22-36)54-49(53-45)51-39-27-13-16-30-42(39)52(43-31-17-14-28-40(43)51,44-32-18-15-29-41(44)51)50-55-47(37-23-9-3-10-24-37)34-48(56-50)38-25-11-4-12-26-38/h1-34H. The second kappa shape index (κ2) is 12.6. The quantitative estimate of drug-likeness (QED) is 0.172. The summed E-state index contributed by atoms with van der Waals surface area (Å²) in [5.41, 5.74) is 12.8. The van der Waals surface area contributed by atoms with Gasteiger partial charge in [0.05, 0.1) is 22.8 Å². The molecule has 0 spiro atoms. The smallest absolute Gasteiger partial charge is 0.149 e. The fraction of sp³-hybridized carbons (Fsp3) is 0.0385. The lowest BCUT2D eigenvalue weighted by Gasteiger charge is -2.55. The van der Waals surface area contributed by atoms with Gasteiger partial charge in [0.15, 0.2) is 0 Å². The highest BCUT2D eigenvalue weighted by Gasteiger charge is 2.62. The molecule has 56 heavy (non-hydrogen) atoms. The van der Waals surface area contributed by atoms with Gasteiger partial charge in [-0.3, -0.25) is 0 Å². The van der Waals surface area contributed by atoms with Gasteiger partial charge in [-0.05, 0) is 45.5 Å². The Morgan fingerprint density at radius 1 is 0.232 bits per heavy atom. The average Bonchev–Trinajstić information content (AvgIpc) is 3.29. The average molecular weight is 715 g/mol. The molecule has 0 fully saturated rings. The molecule has 2 aromatic heterocycles. The number of rotatable bonds is 6. The molecular weight excluding hydrogens is 681 g/mol. The zero-order valence-electron chi connectivity index (χ0n) is 30.4. The second-order valence-electron chi connectivity index (χ2n) is 14.5. The van der Waals surface area contributed by atoms with E-state index in [1.165, 1.54) is 0 Å². The third-order valence-electron chi connectivity index (χ3n) is 11.6. The summed E-state index contributed by atoms with van der Waals surface area (Å²) in [6.07, 6.45) is 0. The fourth-order valence-corrected chi connectivity index (χ4v) is 9.26. The summed E-state index contributed by atoms with van der Waals surface area (Å²) < 4.78 is 0. The van der Waals surface area contributed by atoms with Crippen molar-refractivity contribution in [2.24, 2.45) is 0 Å². The minimum atomic E-state index is -0.834. The van der Waals surface area contributed by atoms with Crippen molar-refractivity contribution in [1.29, 1.82) is 0 Å². The molecule has 262 valence electrons. The van der Waals surface area contributed by atoms with Gasteiger partial charge in [0.25, 0.3) is 0 Å². The van der Waals surface area contributed by atoms with Crippen molar-refractivity contribution in [1.82, 2.24) is 19.9 Å². The monoisotopic (exact) mass is 714 g/mol. The van der Waals surface area contributed by atoms with Crippen molar-refractivity contribution in [3.8, 4) is 45.0 Å². The van der Waals surface area contributed by atoms with Crippen molar-refractivity contribution in [2.75, 3.05) is 0 Å². The summed E-state index contributed by atoms with van der Waals surface area (Å²) >= 11 is 0. The van der Waals surface area contributed by atoms with Crippen LogP contribution >= 0.6 is 0 Å². The number of hydrogen-bond donors (Lipinski definition) is 0. The minimum absolute atomic E-state index is 0.738. The van der Waals surface area contributed by atoms with Gasteiger partial charge in [-0.1, -0.05) is 194 Å². The summed E-state index contributed by atoms with van der Waals surface area (Å²) in [4.78, 5) is 22.3. The molecule has 2 heterocycles. The maximum Gasteiger partial charge on any atom is 0.149 e. The first-order valence-electron chi connectivity index (χ1n) is 19.1. The van der Waals surface area contributed by atoms with Crippen molar-refractivity contribution >= 4 is 0 Å². The van der Waals surface area contributed by atoms with Crippen LogP contribution in [0.25, 0.3) is 45.0 Å². The molecule has 2 bridgehead atoms. The highest BCUT2D eigenvalue weighted by Crippen LogP contribution is 2.65. The Labute approximate surface area is 325 Å². The van der Waals surface area contributed by atoms with Gasteiger partial charge in [0, 0.05) is 22.3 Å². The van der Waals surface area contributed by atoms with Crippen LogP contribution in [0.4, 0.5) is 0 Å². The summed E-state index contributed by atoms with van der Waals surface area (Å²) in [6.45, 7) is 0. The zero-order chi connectivity index (χ0) is 37.1. The van der Waals surface area contributed by atoms with Gasteiger partial charge < -0.3 is 0 Å². The maximum atomic E-state index is 5.58. The molecule has 0 aliphatic heterocycles. The van der Waals surface area contributed by atoms with Crippen LogP contribution < -0.4 is 0 Å². The van der Waals surface area contributed by atoms with E-state index in [0.717, 1.165) is 90.1 Å².